The van der Waals surface area contributed by atoms with E-state index in [0.717, 1.165) is 0 Å². The topological polar surface area (TPSA) is 127 Å². The van der Waals surface area contributed by atoms with Gasteiger partial charge in [-0.25, -0.2) is 4.79 Å². The number of nitrogens with one attached hydrogen (secondary N) is 2. The van der Waals surface area contributed by atoms with Gasteiger partial charge in [-0.3, -0.25) is 14.8 Å². The number of benzene rings is 2. The summed E-state index contributed by atoms with van der Waals surface area (Å²) in [7, 11) is -3.00. The molecule has 0 radical (unpaired) electrons. The van der Waals surface area contributed by atoms with Crippen molar-refractivity contribution in [1.29, 1.82) is 0 Å². The highest BCUT2D eigenvalue weighted by Crippen LogP contribution is 2.26. The van der Waals surface area contributed by atoms with Gasteiger partial charge in [0.05, 0.1) is 28.9 Å². The predicted octanol–water partition coefficient (Wildman–Crippen LogP) is 3.68. The van der Waals surface area contributed by atoms with Crippen molar-refractivity contribution in [2.75, 3.05) is 17.1 Å². The van der Waals surface area contributed by atoms with Crippen LogP contribution in [0.1, 0.15) is 20.7 Å². The van der Waals surface area contributed by atoms with E-state index in [1.54, 1.807) is 12.1 Å². The molecule has 3 rings (SSSR count). The van der Waals surface area contributed by atoms with Crippen molar-refractivity contribution >= 4 is 67.3 Å². The van der Waals surface area contributed by atoms with E-state index in [9.17, 15) is 18.0 Å². The molecule has 9 nitrogen and oxygen atoms in total. The van der Waals surface area contributed by atoms with E-state index in [1.807, 2.05) is 0 Å². The number of carbonyl (C=O) groups is 2. The number of hydrogen-bond donors (Lipinski definition) is 2. The SMILES string of the molecule is COC(=O)c1ccccc1NS(=O)(=O)c1nnc(NC(=O)c2ccc(Cl)cc2Cl)s1. The van der Waals surface area contributed by atoms with Crippen LogP contribution in [0.15, 0.2) is 46.8 Å². The molecule has 0 aliphatic heterocycles. The number of aromatic nitrogens is 2. The molecule has 3 aromatic rings. The van der Waals surface area contributed by atoms with Gasteiger partial charge in [-0.1, -0.05) is 46.7 Å². The number of hydrogen-bond acceptors (Lipinski definition) is 8. The van der Waals surface area contributed by atoms with E-state index in [-0.39, 0.29) is 27.0 Å². The number of para-hydroxylation sites is 1. The van der Waals surface area contributed by atoms with E-state index in [2.05, 4.69) is 25.0 Å². The molecule has 0 fully saturated rings. The molecule has 0 bridgehead atoms. The standard InChI is InChI=1S/C17H12Cl2N4O5S2/c1-28-15(25)11-4-2-3-5-13(11)23-30(26,27)17-22-21-16(29-17)20-14(24)10-7-6-9(18)8-12(10)19/h2-8,23H,1H3,(H,20,21,24). The zero-order chi connectivity index (χ0) is 21.9. The van der Waals surface area contributed by atoms with Gasteiger partial charge < -0.3 is 4.74 Å². The highest BCUT2D eigenvalue weighted by molar-refractivity contribution is 7.94. The van der Waals surface area contributed by atoms with Gasteiger partial charge in [0.25, 0.3) is 20.3 Å². The van der Waals surface area contributed by atoms with Crippen LogP contribution in [0, 0.1) is 0 Å². The van der Waals surface area contributed by atoms with Gasteiger partial charge in [0.2, 0.25) is 5.13 Å². The maximum Gasteiger partial charge on any atom is 0.339 e. The molecule has 0 aliphatic carbocycles. The van der Waals surface area contributed by atoms with Crippen molar-refractivity contribution in [1.82, 2.24) is 10.2 Å². The van der Waals surface area contributed by atoms with Gasteiger partial charge in [-0.15, -0.1) is 10.2 Å². The monoisotopic (exact) mass is 486 g/mol. The molecule has 30 heavy (non-hydrogen) atoms. The Kier molecular flexibility index (Phi) is 6.56. The molecule has 1 aromatic heterocycles. The van der Waals surface area contributed by atoms with Crippen LogP contribution in [0.25, 0.3) is 0 Å². The number of amides is 1. The number of methoxy groups -OCH3 is 1. The second kappa shape index (κ2) is 8.96. The molecule has 0 aliphatic rings. The summed E-state index contributed by atoms with van der Waals surface area (Å²) in [6, 6.07) is 10.2. The first-order chi connectivity index (χ1) is 14.2. The zero-order valence-corrected chi connectivity index (χ0v) is 18.2. The zero-order valence-electron chi connectivity index (χ0n) is 15.0. The summed E-state index contributed by atoms with van der Waals surface area (Å²) in [6.07, 6.45) is 0. The third-order valence-electron chi connectivity index (χ3n) is 3.61. The Labute approximate surface area is 185 Å². The number of esters is 1. The van der Waals surface area contributed by atoms with E-state index in [0.29, 0.717) is 16.4 Å². The highest BCUT2D eigenvalue weighted by atomic mass is 35.5. The summed E-state index contributed by atoms with van der Waals surface area (Å²) in [6.45, 7) is 0. The third kappa shape index (κ3) is 4.87. The quantitative estimate of drug-likeness (QED) is 0.401. The van der Waals surface area contributed by atoms with Gasteiger partial charge in [0.1, 0.15) is 0 Å². The van der Waals surface area contributed by atoms with Crippen molar-refractivity contribution < 1.29 is 22.7 Å². The predicted molar refractivity (Wildman–Crippen MR) is 113 cm³/mol. The first-order valence-electron chi connectivity index (χ1n) is 8.01. The fraction of sp³-hybridized carbons (Fsp3) is 0.0588. The minimum Gasteiger partial charge on any atom is -0.465 e. The molecule has 156 valence electrons. The van der Waals surface area contributed by atoms with Crippen molar-refractivity contribution in [2.24, 2.45) is 0 Å². The molecule has 0 saturated carbocycles. The van der Waals surface area contributed by atoms with Crippen molar-refractivity contribution in [3.05, 3.63) is 63.6 Å². The lowest BCUT2D eigenvalue weighted by Gasteiger charge is -2.09. The van der Waals surface area contributed by atoms with E-state index in [4.69, 9.17) is 23.2 Å². The average molecular weight is 487 g/mol. The molecule has 0 unspecified atom stereocenters. The summed E-state index contributed by atoms with van der Waals surface area (Å²) in [5.41, 5.74) is 0.169. The summed E-state index contributed by atoms with van der Waals surface area (Å²) >= 11 is 12.4. The fourth-order valence-corrected chi connectivity index (χ4v) is 4.73. The number of anilines is 2. The van der Waals surface area contributed by atoms with Crippen LogP contribution in [0.4, 0.5) is 10.8 Å². The van der Waals surface area contributed by atoms with Crippen LogP contribution < -0.4 is 10.0 Å². The van der Waals surface area contributed by atoms with E-state index >= 15 is 0 Å². The molecule has 0 saturated heterocycles. The first-order valence-corrected chi connectivity index (χ1v) is 11.1. The maximum absolute atomic E-state index is 12.6. The average Bonchev–Trinajstić information content (AvgIpc) is 3.17. The lowest BCUT2D eigenvalue weighted by molar-refractivity contribution is 0.0602. The second-order valence-corrected chi connectivity index (χ2v) is 9.27. The highest BCUT2D eigenvalue weighted by Gasteiger charge is 2.24. The summed E-state index contributed by atoms with van der Waals surface area (Å²) in [5, 5.41) is 10.1. The Morgan fingerprint density at radius 2 is 1.80 bits per heavy atom. The van der Waals surface area contributed by atoms with Gasteiger partial charge >= 0.3 is 5.97 Å². The van der Waals surface area contributed by atoms with Crippen molar-refractivity contribution in [2.45, 2.75) is 4.34 Å². The normalized spacial score (nSPS) is 11.0. The molecule has 0 spiro atoms. The van der Waals surface area contributed by atoms with Crippen LogP contribution in [0.3, 0.4) is 0 Å². The summed E-state index contributed by atoms with van der Waals surface area (Å²) < 4.78 is 31.7. The molecule has 0 atom stereocenters. The van der Waals surface area contributed by atoms with Crippen molar-refractivity contribution in [3.8, 4) is 0 Å². The lowest BCUT2D eigenvalue weighted by atomic mass is 10.2. The van der Waals surface area contributed by atoms with Crippen molar-refractivity contribution in [3.63, 3.8) is 0 Å². The number of rotatable bonds is 6. The second-order valence-electron chi connectivity index (χ2n) is 5.59. The largest absolute Gasteiger partial charge is 0.465 e. The third-order valence-corrected chi connectivity index (χ3v) is 6.73. The van der Waals surface area contributed by atoms with Gasteiger partial charge in [0, 0.05) is 5.02 Å². The molecule has 2 N–H and O–H groups in total. The Balaban J connectivity index is 1.80. The van der Waals surface area contributed by atoms with Gasteiger partial charge in [-0.2, -0.15) is 8.42 Å². The van der Waals surface area contributed by atoms with E-state index < -0.39 is 26.2 Å². The number of sulfonamides is 1. The Hall–Kier alpha value is -2.73. The number of nitrogens with zero attached hydrogens (tertiary/aromatic N) is 2. The van der Waals surface area contributed by atoms with Crippen LogP contribution in [0.5, 0.6) is 0 Å². The molecule has 2 aromatic carbocycles. The Morgan fingerprint density at radius 3 is 2.50 bits per heavy atom. The lowest BCUT2D eigenvalue weighted by Crippen LogP contribution is -2.16. The number of ether oxygens (including phenoxy) is 1. The maximum atomic E-state index is 12.6. The van der Waals surface area contributed by atoms with Crippen LogP contribution in [-0.2, 0) is 14.8 Å². The van der Waals surface area contributed by atoms with Crippen LogP contribution in [-0.4, -0.2) is 37.6 Å². The summed E-state index contributed by atoms with van der Waals surface area (Å²) in [4.78, 5) is 24.1. The van der Waals surface area contributed by atoms with Crippen LogP contribution >= 0.6 is 34.5 Å². The number of halogens is 2. The summed E-state index contributed by atoms with van der Waals surface area (Å²) in [5.74, 6) is -1.32. The molecular weight excluding hydrogens is 475 g/mol. The van der Waals surface area contributed by atoms with E-state index in [1.165, 1.54) is 37.4 Å². The Bertz CT molecular complexity index is 1230. The molecule has 13 heteroatoms. The number of carbonyl (C=O) groups excluding carboxylic acids is 2. The van der Waals surface area contributed by atoms with Crippen LogP contribution in [0.2, 0.25) is 10.0 Å². The smallest absolute Gasteiger partial charge is 0.339 e. The molecule has 1 amide bonds. The minimum atomic E-state index is -4.18. The fourth-order valence-electron chi connectivity index (χ4n) is 2.26. The molecule has 1 heterocycles. The van der Waals surface area contributed by atoms with Gasteiger partial charge in [-0.05, 0) is 30.3 Å². The van der Waals surface area contributed by atoms with Gasteiger partial charge in [0.15, 0.2) is 0 Å². The first kappa shape index (κ1) is 22.0. The Morgan fingerprint density at radius 1 is 1.07 bits per heavy atom. The molecular formula is C17H12Cl2N4O5S2. The minimum absolute atomic E-state index is 0.0121.